The summed E-state index contributed by atoms with van der Waals surface area (Å²) in [7, 11) is 0. The number of nitrogens with one attached hydrogen (secondary N) is 1. The predicted octanol–water partition coefficient (Wildman–Crippen LogP) is 2.89. The molecule has 94 valence electrons. The van der Waals surface area contributed by atoms with Crippen LogP contribution in [0, 0.1) is 0 Å². The molecule has 1 aromatic rings. The molecule has 0 bridgehead atoms. The zero-order chi connectivity index (χ0) is 11.1. The Morgan fingerprint density at radius 2 is 1.88 bits per heavy atom. The van der Waals surface area contributed by atoms with Gasteiger partial charge in [-0.25, -0.2) is 0 Å². The molecule has 3 heteroatoms. The van der Waals surface area contributed by atoms with Gasteiger partial charge in [0.15, 0.2) is 0 Å². The van der Waals surface area contributed by atoms with Gasteiger partial charge in [-0.05, 0) is 31.5 Å². The Bertz CT molecular complexity index is 320. The number of hydrogen-bond acceptors (Lipinski definition) is 2. The zero-order valence-corrected chi connectivity index (χ0v) is 10.8. The van der Waals surface area contributed by atoms with Gasteiger partial charge in [-0.15, -0.1) is 12.4 Å². The van der Waals surface area contributed by atoms with Gasteiger partial charge in [0, 0.05) is 0 Å². The summed E-state index contributed by atoms with van der Waals surface area (Å²) in [5.74, 6) is 0. The topological polar surface area (TPSA) is 21.3 Å². The fourth-order valence-corrected chi connectivity index (χ4v) is 1.90. The Morgan fingerprint density at radius 3 is 2.59 bits per heavy atom. The highest BCUT2D eigenvalue weighted by molar-refractivity contribution is 5.85. The van der Waals surface area contributed by atoms with Gasteiger partial charge in [-0.3, -0.25) is 0 Å². The van der Waals surface area contributed by atoms with E-state index < -0.39 is 0 Å². The van der Waals surface area contributed by atoms with Crippen LogP contribution in [-0.4, -0.2) is 25.8 Å². The molecule has 0 amide bonds. The normalized spacial score (nSPS) is 16.9. The SMILES string of the molecule is C(=Cc1ccccc1)COC1CCNCC1.Cl. The summed E-state index contributed by atoms with van der Waals surface area (Å²) < 4.78 is 5.78. The van der Waals surface area contributed by atoms with E-state index in [1.165, 1.54) is 5.56 Å². The fourth-order valence-electron chi connectivity index (χ4n) is 1.90. The molecule has 2 nitrogen and oxygen atoms in total. The third-order valence-electron chi connectivity index (χ3n) is 2.82. The molecular formula is C14H20ClNO. The summed E-state index contributed by atoms with van der Waals surface area (Å²) >= 11 is 0. The van der Waals surface area contributed by atoms with Crippen LogP contribution in [0.4, 0.5) is 0 Å². The van der Waals surface area contributed by atoms with Crippen LogP contribution < -0.4 is 5.32 Å². The summed E-state index contributed by atoms with van der Waals surface area (Å²) in [5.41, 5.74) is 1.23. The van der Waals surface area contributed by atoms with Crippen LogP contribution in [0.15, 0.2) is 36.4 Å². The molecule has 0 atom stereocenters. The molecule has 1 aromatic carbocycles. The van der Waals surface area contributed by atoms with Crippen molar-refractivity contribution in [2.45, 2.75) is 18.9 Å². The van der Waals surface area contributed by atoms with Crippen LogP contribution in [0.1, 0.15) is 18.4 Å². The van der Waals surface area contributed by atoms with Gasteiger partial charge in [-0.2, -0.15) is 0 Å². The van der Waals surface area contributed by atoms with E-state index >= 15 is 0 Å². The Labute approximate surface area is 109 Å². The van der Waals surface area contributed by atoms with E-state index in [4.69, 9.17) is 4.74 Å². The van der Waals surface area contributed by atoms with Gasteiger partial charge in [0.05, 0.1) is 12.7 Å². The highest BCUT2D eigenvalue weighted by Gasteiger charge is 2.11. The van der Waals surface area contributed by atoms with Gasteiger partial charge in [0.1, 0.15) is 0 Å². The highest BCUT2D eigenvalue weighted by atomic mass is 35.5. The third kappa shape index (κ3) is 5.35. The second kappa shape index (κ2) is 8.29. The predicted molar refractivity (Wildman–Crippen MR) is 74.6 cm³/mol. The van der Waals surface area contributed by atoms with E-state index in [-0.39, 0.29) is 12.4 Å². The molecule has 0 unspecified atom stereocenters. The van der Waals surface area contributed by atoms with E-state index in [9.17, 15) is 0 Å². The van der Waals surface area contributed by atoms with Crippen molar-refractivity contribution in [1.82, 2.24) is 5.32 Å². The van der Waals surface area contributed by atoms with Crippen LogP contribution in [0.3, 0.4) is 0 Å². The first-order valence-corrected chi connectivity index (χ1v) is 5.99. The van der Waals surface area contributed by atoms with E-state index in [0.29, 0.717) is 6.10 Å². The smallest absolute Gasteiger partial charge is 0.0654 e. The number of hydrogen-bond donors (Lipinski definition) is 1. The second-order valence-corrected chi connectivity index (χ2v) is 4.10. The van der Waals surface area contributed by atoms with Crippen molar-refractivity contribution < 1.29 is 4.74 Å². The zero-order valence-electron chi connectivity index (χ0n) is 9.97. The maximum atomic E-state index is 5.78. The second-order valence-electron chi connectivity index (χ2n) is 4.10. The molecule has 1 aliphatic heterocycles. The van der Waals surface area contributed by atoms with Crippen LogP contribution in [0.2, 0.25) is 0 Å². The minimum absolute atomic E-state index is 0. The molecule has 2 rings (SSSR count). The summed E-state index contributed by atoms with van der Waals surface area (Å²) in [4.78, 5) is 0. The fraction of sp³-hybridized carbons (Fsp3) is 0.429. The van der Waals surface area contributed by atoms with E-state index in [2.05, 4.69) is 29.6 Å². The van der Waals surface area contributed by atoms with Crippen LogP contribution in [0.25, 0.3) is 6.08 Å². The monoisotopic (exact) mass is 253 g/mol. The number of piperidine rings is 1. The average molecular weight is 254 g/mol. The van der Waals surface area contributed by atoms with E-state index in [1.807, 2.05) is 18.2 Å². The minimum Gasteiger partial charge on any atom is -0.374 e. The summed E-state index contributed by atoms with van der Waals surface area (Å²) in [6.07, 6.45) is 6.93. The van der Waals surface area contributed by atoms with Crippen LogP contribution in [0.5, 0.6) is 0 Å². The molecule has 0 aliphatic carbocycles. The van der Waals surface area contributed by atoms with Crippen molar-refractivity contribution in [3.63, 3.8) is 0 Å². The summed E-state index contributed by atoms with van der Waals surface area (Å²) in [5, 5.41) is 3.33. The first kappa shape index (κ1) is 14.2. The van der Waals surface area contributed by atoms with Crippen molar-refractivity contribution >= 4 is 18.5 Å². The quantitative estimate of drug-likeness (QED) is 0.891. The van der Waals surface area contributed by atoms with Crippen molar-refractivity contribution in [3.8, 4) is 0 Å². The maximum Gasteiger partial charge on any atom is 0.0654 e. The molecular weight excluding hydrogens is 234 g/mol. The lowest BCUT2D eigenvalue weighted by molar-refractivity contribution is 0.0518. The van der Waals surface area contributed by atoms with Gasteiger partial charge in [0.25, 0.3) is 0 Å². The summed E-state index contributed by atoms with van der Waals surface area (Å²) in [6.45, 7) is 2.90. The lowest BCUT2D eigenvalue weighted by atomic mass is 10.1. The lowest BCUT2D eigenvalue weighted by Crippen LogP contribution is -2.32. The number of rotatable bonds is 4. The molecule has 1 saturated heterocycles. The standard InChI is InChI=1S/C14H19NO.ClH/c1-2-5-13(6-3-1)7-4-12-16-14-8-10-15-11-9-14;/h1-7,14-15H,8-12H2;1H. The Balaban J connectivity index is 0.00000144. The van der Waals surface area contributed by atoms with Crippen molar-refractivity contribution in [2.75, 3.05) is 19.7 Å². The number of benzene rings is 1. The molecule has 1 aliphatic rings. The highest BCUT2D eigenvalue weighted by Crippen LogP contribution is 2.07. The Hall–Kier alpha value is -0.830. The summed E-state index contributed by atoms with van der Waals surface area (Å²) in [6, 6.07) is 10.3. The average Bonchev–Trinajstić information content (AvgIpc) is 2.37. The van der Waals surface area contributed by atoms with E-state index in [1.54, 1.807) is 0 Å². The Kier molecular flexibility index (Phi) is 6.94. The Morgan fingerprint density at radius 1 is 1.18 bits per heavy atom. The molecule has 0 aromatic heterocycles. The molecule has 1 heterocycles. The van der Waals surface area contributed by atoms with E-state index in [0.717, 1.165) is 32.5 Å². The molecule has 17 heavy (non-hydrogen) atoms. The molecule has 0 spiro atoms. The van der Waals surface area contributed by atoms with Gasteiger partial charge in [-0.1, -0.05) is 42.5 Å². The largest absolute Gasteiger partial charge is 0.374 e. The number of halogens is 1. The van der Waals surface area contributed by atoms with Gasteiger partial charge >= 0.3 is 0 Å². The van der Waals surface area contributed by atoms with Crippen LogP contribution >= 0.6 is 12.4 Å². The third-order valence-corrected chi connectivity index (χ3v) is 2.82. The van der Waals surface area contributed by atoms with Crippen LogP contribution in [-0.2, 0) is 4.74 Å². The first-order valence-electron chi connectivity index (χ1n) is 5.99. The maximum absolute atomic E-state index is 5.78. The van der Waals surface area contributed by atoms with Crippen molar-refractivity contribution in [2.24, 2.45) is 0 Å². The lowest BCUT2D eigenvalue weighted by Gasteiger charge is -2.22. The van der Waals surface area contributed by atoms with Gasteiger partial charge < -0.3 is 10.1 Å². The molecule has 1 fully saturated rings. The van der Waals surface area contributed by atoms with Crippen molar-refractivity contribution in [3.05, 3.63) is 42.0 Å². The molecule has 1 N–H and O–H groups in total. The van der Waals surface area contributed by atoms with Crippen molar-refractivity contribution in [1.29, 1.82) is 0 Å². The molecule has 0 saturated carbocycles. The molecule has 0 radical (unpaired) electrons. The number of ether oxygens (including phenoxy) is 1. The first-order chi connectivity index (χ1) is 7.95. The minimum atomic E-state index is 0. The van der Waals surface area contributed by atoms with Gasteiger partial charge in [0.2, 0.25) is 0 Å².